The molecule has 2 aromatic carbocycles. The molecule has 1 amide bonds. The number of aryl methyl sites for hydroxylation is 1. The van der Waals surface area contributed by atoms with E-state index in [2.05, 4.69) is 5.32 Å². The van der Waals surface area contributed by atoms with Gasteiger partial charge in [0.25, 0.3) is 0 Å². The average molecular weight is 471 g/mol. The standard InChI is InChI=1S/C25H30N2O5S/c1-2-32-25(31)20(14-13-18-9-5-3-6-10-18)26-21-16-33-17-22(19-11-7-4-8-12-19)27(24(21)30)15-23(28)29/h3-12,20-22,26H,2,13-17H2,1H3,(H,28,29). The topological polar surface area (TPSA) is 95.9 Å². The highest BCUT2D eigenvalue weighted by atomic mass is 32.2. The quantitative estimate of drug-likeness (QED) is 0.516. The third kappa shape index (κ3) is 7.07. The van der Waals surface area contributed by atoms with E-state index in [0.29, 0.717) is 24.3 Å². The minimum Gasteiger partial charge on any atom is -0.480 e. The number of amides is 1. The first-order valence-electron chi connectivity index (χ1n) is 11.1. The van der Waals surface area contributed by atoms with Crippen molar-refractivity contribution in [2.45, 2.75) is 37.9 Å². The van der Waals surface area contributed by atoms with Crippen LogP contribution in [0.15, 0.2) is 60.7 Å². The van der Waals surface area contributed by atoms with Gasteiger partial charge in [-0.3, -0.25) is 19.7 Å². The van der Waals surface area contributed by atoms with Crippen LogP contribution in [-0.4, -0.2) is 64.6 Å². The van der Waals surface area contributed by atoms with Crippen molar-refractivity contribution >= 4 is 29.6 Å². The van der Waals surface area contributed by atoms with Crippen LogP contribution in [-0.2, 0) is 25.5 Å². The molecule has 0 saturated carbocycles. The molecule has 176 valence electrons. The lowest BCUT2D eigenvalue weighted by molar-refractivity contribution is -0.149. The summed E-state index contributed by atoms with van der Waals surface area (Å²) < 4.78 is 5.26. The van der Waals surface area contributed by atoms with E-state index in [-0.39, 0.29) is 18.6 Å². The first-order valence-corrected chi connectivity index (χ1v) is 12.3. The fraction of sp³-hybridized carbons (Fsp3) is 0.400. The second kappa shape index (κ2) is 12.4. The predicted octanol–water partition coefficient (Wildman–Crippen LogP) is 2.91. The van der Waals surface area contributed by atoms with Crippen molar-refractivity contribution in [1.29, 1.82) is 0 Å². The van der Waals surface area contributed by atoms with Crippen molar-refractivity contribution in [2.24, 2.45) is 0 Å². The van der Waals surface area contributed by atoms with Crippen LogP contribution in [0.3, 0.4) is 0 Å². The van der Waals surface area contributed by atoms with E-state index in [1.54, 1.807) is 18.7 Å². The van der Waals surface area contributed by atoms with E-state index in [4.69, 9.17) is 4.74 Å². The summed E-state index contributed by atoms with van der Waals surface area (Å²) in [6.45, 7) is 1.60. The number of rotatable bonds is 10. The first kappa shape index (κ1) is 24.8. The minimum atomic E-state index is -1.07. The molecule has 0 radical (unpaired) electrons. The van der Waals surface area contributed by atoms with Gasteiger partial charge in [0.05, 0.1) is 18.7 Å². The number of hydrogen-bond donors (Lipinski definition) is 2. The van der Waals surface area contributed by atoms with Crippen LogP contribution in [0, 0.1) is 0 Å². The van der Waals surface area contributed by atoms with Crippen molar-refractivity contribution in [3.63, 3.8) is 0 Å². The summed E-state index contributed by atoms with van der Waals surface area (Å²) in [7, 11) is 0. The fourth-order valence-corrected chi connectivity index (χ4v) is 5.13. The molecule has 1 aliphatic heterocycles. The Morgan fingerprint density at radius 3 is 2.42 bits per heavy atom. The van der Waals surface area contributed by atoms with E-state index in [0.717, 1.165) is 11.1 Å². The molecule has 7 nitrogen and oxygen atoms in total. The molecule has 1 heterocycles. The highest BCUT2D eigenvalue weighted by molar-refractivity contribution is 7.99. The molecule has 3 atom stereocenters. The maximum atomic E-state index is 13.5. The summed E-state index contributed by atoms with van der Waals surface area (Å²) in [5.74, 6) is -0.763. The molecule has 1 aliphatic rings. The lowest BCUT2D eigenvalue weighted by atomic mass is 10.0. The number of carbonyl (C=O) groups is 3. The van der Waals surface area contributed by atoms with Gasteiger partial charge in [0.1, 0.15) is 12.6 Å². The van der Waals surface area contributed by atoms with E-state index in [1.165, 1.54) is 4.90 Å². The van der Waals surface area contributed by atoms with Crippen molar-refractivity contribution in [3.05, 3.63) is 71.8 Å². The molecule has 33 heavy (non-hydrogen) atoms. The SMILES string of the molecule is CCOC(=O)C(CCc1ccccc1)NC1CSCC(c2ccccc2)N(CC(=O)O)C1=O. The molecule has 1 fully saturated rings. The number of thioether (sulfide) groups is 1. The molecule has 2 aromatic rings. The summed E-state index contributed by atoms with van der Waals surface area (Å²) >= 11 is 1.57. The van der Waals surface area contributed by atoms with Gasteiger partial charge in [-0.1, -0.05) is 60.7 Å². The van der Waals surface area contributed by atoms with E-state index in [9.17, 15) is 19.5 Å². The zero-order valence-electron chi connectivity index (χ0n) is 18.7. The Morgan fingerprint density at radius 2 is 1.79 bits per heavy atom. The van der Waals surface area contributed by atoms with Gasteiger partial charge < -0.3 is 14.7 Å². The van der Waals surface area contributed by atoms with Gasteiger partial charge in [0.15, 0.2) is 0 Å². The van der Waals surface area contributed by atoms with Crippen molar-refractivity contribution in [3.8, 4) is 0 Å². The van der Waals surface area contributed by atoms with Crippen molar-refractivity contribution in [1.82, 2.24) is 10.2 Å². The van der Waals surface area contributed by atoms with E-state index < -0.39 is 30.6 Å². The number of hydrogen-bond acceptors (Lipinski definition) is 6. The van der Waals surface area contributed by atoms with Crippen LogP contribution >= 0.6 is 11.8 Å². The Hall–Kier alpha value is -2.84. The molecule has 0 bridgehead atoms. The van der Waals surface area contributed by atoms with Gasteiger partial charge in [-0.15, -0.1) is 0 Å². The highest BCUT2D eigenvalue weighted by Gasteiger charge is 2.37. The Kier molecular flexibility index (Phi) is 9.33. The van der Waals surface area contributed by atoms with Crippen LogP contribution in [0.5, 0.6) is 0 Å². The summed E-state index contributed by atoms with van der Waals surface area (Å²) in [5.41, 5.74) is 1.98. The number of ether oxygens (including phenoxy) is 1. The van der Waals surface area contributed by atoms with Gasteiger partial charge in [0, 0.05) is 11.5 Å². The normalized spacial score (nSPS) is 19.5. The van der Waals surface area contributed by atoms with Gasteiger partial charge >= 0.3 is 11.9 Å². The van der Waals surface area contributed by atoms with Gasteiger partial charge in [-0.05, 0) is 30.9 Å². The fourth-order valence-electron chi connectivity index (χ4n) is 3.93. The van der Waals surface area contributed by atoms with E-state index >= 15 is 0 Å². The Morgan fingerprint density at radius 1 is 1.12 bits per heavy atom. The summed E-state index contributed by atoms with van der Waals surface area (Å²) in [4.78, 5) is 39.2. The summed E-state index contributed by atoms with van der Waals surface area (Å²) in [5, 5.41) is 12.7. The number of aliphatic carboxylic acids is 1. The molecule has 3 rings (SSSR count). The number of nitrogens with one attached hydrogen (secondary N) is 1. The van der Waals surface area contributed by atoms with Crippen LogP contribution in [0.4, 0.5) is 0 Å². The van der Waals surface area contributed by atoms with Gasteiger partial charge in [0.2, 0.25) is 5.91 Å². The summed E-state index contributed by atoms with van der Waals surface area (Å²) in [6.07, 6.45) is 1.12. The van der Waals surface area contributed by atoms with Crippen LogP contribution < -0.4 is 5.32 Å². The minimum absolute atomic E-state index is 0.247. The lowest BCUT2D eigenvalue weighted by Crippen LogP contribution is -2.54. The molecule has 8 heteroatoms. The molecular formula is C25H30N2O5S. The molecule has 2 N–H and O–H groups in total. The first-order chi connectivity index (χ1) is 16.0. The van der Waals surface area contributed by atoms with Gasteiger partial charge in [-0.25, -0.2) is 0 Å². The second-order valence-corrected chi connectivity index (χ2v) is 8.95. The molecule has 1 saturated heterocycles. The molecule has 0 aliphatic carbocycles. The van der Waals surface area contributed by atoms with Crippen molar-refractivity contribution < 1.29 is 24.2 Å². The third-order valence-corrected chi connectivity index (χ3v) is 6.67. The Bertz CT molecular complexity index is 925. The van der Waals surface area contributed by atoms with Crippen LogP contribution in [0.1, 0.15) is 30.5 Å². The Balaban J connectivity index is 1.79. The highest BCUT2D eigenvalue weighted by Crippen LogP contribution is 2.29. The number of carboxylic acids is 1. The molecular weight excluding hydrogens is 440 g/mol. The van der Waals surface area contributed by atoms with E-state index in [1.807, 2.05) is 60.7 Å². The Labute approximate surface area is 198 Å². The number of esters is 1. The summed E-state index contributed by atoms with van der Waals surface area (Å²) in [6, 6.07) is 17.6. The lowest BCUT2D eigenvalue weighted by Gasteiger charge is -2.31. The number of benzene rings is 2. The average Bonchev–Trinajstić information content (AvgIpc) is 2.96. The monoisotopic (exact) mass is 470 g/mol. The maximum Gasteiger partial charge on any atom is 0.323 e. The maximum absolute atomic E-state index is 13.5. The predicted molar refractivity (Wildman–Crippen MR) is 128 cm³/mol. The second-order valence-electron chi connectivity index (χ2n) is 7.87. The largest absolute Gasteiger partial charge is 0.480 e. The number of carboxylic acid groups (broad SMARTS) is 1. The molecule has 3 unspecified atom stereocenters. The van der Waals surface area contributed by atoms with Crippen molar-refractivity contribution in [2.75, 3.05) is 24.7 Å². The zero-order valence-corrected chi connectivity index (χ0v) is 19.5. The zero-order chi connectivity index (χ0) is 23.6. The van der Waals surface area contributed by atoms with Gasteiger partial charge in [-0.2, -0.15) is 11.8 Å². The molecule has 0 aromatic heterocycles. The number of nitrogens with zero attached hydrogens (tertiary/aromatic N) is 1. The van der Waals surface area contributed by atoms with Crippen LogP contribution in [0.25, 0.3) is 0 Å². The number of carbonyl (C=O) groups excluding carboxylic acids is 2. The third-order valence-electron chi connectivity index (χ3n) is 5.55. The van der Waals surface area contributed by atoms with Crippen LogP contribution in [0.2, 0.25) is 0 Å². The molecule has 0 spiro atoms. The smallest absolute Gasteiger partial charge is 0.323 e.